The van der Waals surface area contributed by atoms with Crippen LogP contribution in [0.5, 0.6) is 0 Å². The average molecular weight is 130 g/mol. The highest BCUT2D eigenvalue weighted by Crippen LogP contribution is 2.08. The van der Waals surface area contributed by atoms with E-state index in [9.17, 15) is 0 Å². The fraction of sp³-hybridized carbons (Fsp3) is 1.00. The van der Waals surface area contributed by atoms with E-state index in [0.29, 0.717) is 6.54 Å². The largest absolute Gasteiger partial charge is 0.299 e. The Bertz CT molecular complexity index is 81.1. The van der Waals surface area contributed by atoms with Crippen LogP contribution in [0.15, 0.2) is 0 Å². The molecule has 0 saturated carbocycles. The third kappa shape index (κ3) is 1.64. The monoisotopic (exact) mass is 130 g/mol. The second-order valence-corrected chi connectivity index (χ2v) is 2.35. The second kappa shape index (κ2) is 3.15. The van der Waals surface area contributed by atoms with E-state index in [1.54, 1.807) is 0 Å². The third-order valence-corrected chi connectivity index (χ3v) is 1.69. The van der Waals surface area contributed by atoms with Gasteiger partial charge in [0.05, 0.1) is 0 Å². The first-order valence-electron chi connectivity index (χ1n) is 3.56. The molecular weight excluding hydrogens is 116 g/mol. The van der Waals surface area contributed by atoms with Crippen LogP contribution in [0.25, 0.3) is 0 Å². The number of hydrogen-bond acceptors (Lipinski definition) is 3. The van der Waals surface area contributed by atoms with Gasteiger partial charge in [-0.2, -0.15) is 0 Å². The van der Waals surface area contributed by atoms with E-state index < -0.39 is 0 Å². The number of nitrogens with zero attached hydrogens (tertiary/aromatic N) is 2. The summed E-state index contributed by atoms with van der Waals surface area (Å²) in [6, 6.07) is 0. The van der Waals surface area contributed by atoms with Crippen molar-refractivity contribution in [2.75, 3.05) is 19.6 Å². The molecule has 0 radical (unpaired) electrons. The zero-order chi connectivity index (χ0) is 6.69. The molecule has 3 nitrogen and oxygen atoms in total. The number of rotatable bonds is 2. The molecule has 1 aliphatic rings. The van der Waals surface area contributed by atoms with Crippen LogP contribution in [0.2, 0.25) is 0 Å². The Balaban J connectivity index is 2.24. The van der Waals surface area contributed by atoms with E-state index >= 15 is 0 Å². The third-order valence-electron chi connectivity index (χ3n) is 1.69. The van der Waals surface area contributed by atoms with E-state index in [2.05, 4.69) is 0 Å². The highest BCUT2D eigenvalue weighted by atomic mass is 16.5. The fourth-order valence-corrected chi connectivity index (χ4v) is 1.13. The first-order valence-corrected chi connectivity index (χ1v) is 3.56. The zero-order valence-electron chi connectivity index (χ0n) is 5.88. The molecule has 0 aromatic heterocycles. The normalized spacial score (nSPS) is 21.7. The van der Waals surface area contributed by atoms with Crippen LogP contribution in [0.1, 0.15) is 19.8 Å². The summed E-state index contributed by atoms with van der Waals surface area (Å²) in [6.07, 6.45) is 2.44. The lowest BCUT2D eigenvalue weighted by Crippen LogP contribution is -2.37. The van der Waals surface area contributed by atoms with E-state index in [-0.39, 0.29) is 0 Å². The molecule has 1 aliphatic heterocycles. The number of hydrazine groups is 1. The fourth-order valence-electron chi connectivity index (χ4n) is 1.13. The summed E-state index contributed by atoms with van der Waals surface area (Å²) in [5, 5.41) is 12.4. The molecule has 0 aromatic rings. The van der Waals surface area contributed by atoms with Gasteiger partial charge < -0.3 is 0 Å². The quantitative estimate of drug-likeness (QED) is 0.558. The minimum atomic E-state index is 0.694. The molecular formula is C6H14N2O. The molecule has 54 valence electrons. The van der Waals surface area contributed by atoms with Gasteiger partial charge in [-0.3, -0.25) is 5.21 Å². The highest BCUT2D eigenvalue weighted by molar-refractivity contribution is 4.59. The van der Waals surface area contributed by atoms with Crippen LogP contribution >= 0.6 is 0 Å². The maximum absolute atomic E-state index is 9.12. The summed E-state index contributed by atoms with van der Waals surface area (Å²) in [5.74, 6) is 0. The van der Waals surface area contributed by atoms with Gasteiger partial charge >= 0.3 is 0 Å². The maximum Gasteiger partial charge on any atom is 0.0373 e. The number of hydrogen-bond donors (Lipinski definition) is 1. The Morgan fingerprint density at radius 2 is 2.00 bits per heavy atom. The van der Waals surface area contributed by atoms with E-state index in [1.807, 2.05) is 11.9 Å². The second-order valence-electron chi connectivity index (χ2n) is 2.35. The molecule has 1 heterocycles. The molecule has 0 atom stereocenters. The molecule has 3 heteroatoms. The van der Waals surface area contributed by atoms with Gasteiger partial charge in [0.1, 0.15) is 0 Å². The zero-order valence-corrected chi connectivity index (χ0v) is 5.88. The van der Waals surface area contributed by atoms with Crippen LogP contribution in [0.4, 0.5) is 0 Å². The summed E-state index contributed by atoms with van der Waals surface area (Å²) in [6.45, 7) is 4.67. The Labute approximate surface area is 55.8 Å². The average Bonchev–Trinajstić information content (AvgIpc) is 2.37. The molecule has 0 amide bonds. The van der Waals surface area contributed by atoms with Gasteiger partial charge in [0.2, 0.25) is 0 Å². The van der Waals surface area contributed by atoms with Gasteiger partial charge in [-0.15, -0.1) is 5.17 Å². The van der Waals surface area contributed by atoms with Crippen molar-refractivity contribution in [3.05, 3.63) is 0 Å². The first kappa shape index (κ1) is 6.99. The van der Waals surface area contributed by atoms with Crippen molar-refractivity contribution in [2.45, 2.75) is 19.8 Å². The first-order chi connectivity index (χ1) is 4.34. The molecule has 0 spiro atoms. The Hall–Kier alpha value is -0.120. The van der Waals surface area contributed by atoms with Gasteiger partial charge in [-0.05, 0) is 19.8 Å². The van der Waals surface area contributed by atoms with Crippen LogP contribution in [-0.4, -0.2) is 35.0 Å². The summed E-state index contributed by atoms with van der Waals surface area (Å²) in [5.41, 5.74) is 0. The van der Waals surface area contributed by atoms with Gasteiger partial charge in [0, 0.05) is 19.6 Å². The van der Waals surface area contributed by atoms with Crippen molar-refractivity contribution in [1.29, 1.82) is 0 Å². The maximum atomic E-state index is 9.12. The van der Waals surface area contributed by atoms with Crippen molar-refractivity contribution in [3.8, 4) is 0 Å². The molecule has 1 rings (SSSR count). The molecule has 0 aliphatic carbocycles. The Morgan fingerprint density at radius 1 is 1.44 bits per heavy atom. The predicted molar refractivity (Wildman–Crippen MR) is 35.0 cm³/mol. The van der Waals surface area contributed by atoms with E-state index in [1.165, 1.54) is 18.0 Å². The van der Waals surface area contributed by atoms with Crippen LogP contribution in [0.3, 0.4) is 0 Å². The van der Waals surface area contributed by atoms with Crippen molar-refractivity contribution in [3.63, 3.8) is 0 Å². The topological polar surface area (TPSA) is 26.7 Å². The molecule has 1 fully saturated rings. The van der Waals surface area contributed by atoms with Crippen molar-refractivity contribution < 1.29 is 5.21 Å². The summed E-state index contributed by atoms with van der Waals surface area (Å²) in [4.78, 5) is 0. The summed E-state index contributed by atoms with van der Waals surface area (Å²) >= 11 is 0. The molecule has 1 saturated heterocycles. The van der Waals surface area contributed by atoms with Crippen LogP contribution in [-0.2, 0) is 0 Å². The lowest BCUT2D eigenvalue weighted by molar-refractivity contribution is -0.234. The summed E-state index contributed by atoms with van der Waals surface area (Å²) in [7, 11) is 0. The molecule has 9 heavy (non-hydrogen) atoms. The van der Waals surface area contributed by atoms with Crippen molar-refractivity contribution in [1.82, 2.24) is 10.2 Å². The summed E-state index contributed by atoms with van der Waals surface area (Å²) < 4.78 is 0. The van der Waals surface area contributed by atoms with Gasteiger partial charge in [0.25, 0.3) is 0 Å². The van der Waals surface area contributed by atoms with E-state index in [4.69, 9.17) is 5.21 Å². The lowest BCUT2D eigenvalue weighted by atomic mass is 10.4. The minimum Gasteiger partial charge on any atom is -0.299 e. The van der Waals surface area contributed by atoms with Crippen LogP contribution < -0.4 is 0 Å². The van der Waals surface area contributed by atoms with Gasteiger partial charge in [-0.25, -0.2) is 5.01 Å². The smallest absolute Gasteiger partial charge is 0.0373 e. The van der Waals surface area contributed by atoms with Crippen molar-refractivity contribution >= 4 is 0 Å². The minimum absolute atomic E-state index is 0.694. The van der Waals surface area contributed by atoms with Gasteiger partial charge in [0.15, 0.2) is 0 Å². The highest BCUT2D eigenvalue weighted by Gasteiger charge is 2.15. The molecule has 0 unspecified atom stereocenters. The Kier molecular flexibility index (Phi) is 2.45. The van der Waals surface area contributed by atoms with Crippen molar-refractivity contribution in [2.24, 2.45) is 0 Å². The standard InChI is InChI=1S/C6H14N2O/c1-2-8(9)7-5-3-4-6-7/h9H,2-6H2,1H3. The molecule has 0 bridgehead atoms. The molecule has 1 N–H and O–H groups in total. The van der Waals surface area contributed by atoms with Gasteiger partial charge in [-0.1, -0.05) is 0 Å². The lowest BCUT2D eigenvalue weighted by Gasteiger charge is -2.23. The SMILES string of the molecule is CCN(O)N1CCCC1. The Morgan fingerprint density at radius 3 is 2.44 bits per heavy atom. The number of hydroxylamine groups is 1. The van der Waals surface area contributed by atoms with E-state index in [0.717, 1.165) is 13.1 Å². The molecule has 0 aromatic carbocycles. The predicted octanol–water partition coefficient (Wildman–Crippen LogP) is 0.708. The van der Waals surface area contributed by atoms with Crippen LogP contribution in [0, 0.1) is 0 Å².